The molecular weight excluding hydrogens is 200 g/mol. The van der Waals surface area contributed by atoms with Crippen LogP contribution in [-0.2, 0) is 0 Å². The van der Waals surface area contributed by atoms with Gasteiger partial charge in [0, 0.05) is 18.3 Å². The molecule has 1 unspecified atom stereocenters. The second-order valence-corrected chi connectivity index (χ2v) is 4.71. The van der Waals surface area contributed by atoms with E-state index in [4.69, 9.17) is 5.73 Å². The molecule has 88 valence electrons. The Balaban J connectivity index is 1.93. The summed E-state index contributed by atoms with van der Waals surface area (Å²) in [6.45, 7) is 0.689. The van der Waals surface area contributed by atoms with E-state index >= 15 is 0 Å². The van der Waals surface area contributed by atoms with Crippen molar-refractivity contribution in [2.75, 3.05) is 19.3 Å². The van der Waals surface area contributed by atoms with Gasteiger partial charge in [-0.2, -0.15) is 0 Å². The Bertz CT molecular complexity index is 350. The van der Waals surface area contributed by atoms with Crippen LogP contribution in [-0.4, -0.2) is 29.6 Å². The SMILES string of the molecule is CN(CC(O)c1cccc(N)c1)C1CCC1. The van der Waals surface area contributed by atoms with Gasteiger partial charge in [-0.05, 0) is 37.6 Å². The van der Waals surface area contributed by atoms with Crippen molar-refractivity contribution in [2.45, 2.75) is 31.4 Å². The highest BCUT2D eigenvalue weighted by Gasteiger charge is 2.23. The summed E-state index contributed by atoms with van der Waals surface area (Å²) in [5.41, 5.74) is 7.32. The smallest absolute Gasteiger partial charge is 0.0917 e. The van der Waals surface area contributed by atoms with Crippen LogP contribution in [0.1, 0.15) is 30.9 Å². The Morgan fingerprint density at radius 3 is 2.81 bits per heavy atom. The van der Waals surface area contributed by atoms with Gasteiger partial charge in [0.1, 0.15) is 0 Å². The maximum absolute atomic E-state index is 10.1. The van der Waals surface area contributed by atoms with Crippen LogP contribution in [0.5, 0.6) is 0 Å². The van der Waals surface area contributed by atoms with Gasteiger partial charge < -0.3 is 15.7 Å². The lowest BCUT2D eigenvalue weighted by molar-refractivity contribution is 0.0777. The fourth-order valence-corrected chi connectivity index (χ4v) is 2.12. The first-order chi connectivity index (χ1) is 7.66. The number of aliphatic hydroxyl groups excluding tert-OH is 1. The number of hydrogen-bond donors (Lipinski definition) is 2. The molecule has 3 heteroatoms. The number of nitrogens with two attached hydrogens (primary N) is 1. The summed E-state index contributed by atoms with van der Waals surface area (Å²) < 4.78 is 0. The van der Waals surface area contributed by atoms with E-state index in [9.17, 15) is 5.11 Å². The van der Waals surface area contributed by atoms with Crippen molar-refractivity contribution in [3.8, 4) is 0 Å². The molecule has 1 aromatic rings. The van der Waals surface area contributed by atoms with Crippen molar-refractivity contribution in [3.05, 3.63) is 29.8 Å². The van der Waals surface area contributed by atoms with Crippen LogP contribution in [0.25, 0.3) is 0 Å². The highest BCUT2D eigenvalue weighted by molar-refractivity contribution is 5.41. The maximum atomic E-state index is 10.1. The Kier molecular flexibility index (Phi) is 3.46. The summed E-state index contributed by atoms with van der Waals surface area (Å²) in [6.07, 6.45) is 3.41. The molecule has 0 aliphatic heterocycles. The molecule has 3 N–H and O–H groups in total. The number of anilines is 1. The normalized spacial score (nSPS) is 18.4. The van der Waals surface area contributed by atoms with Crippen molar-refractivity contribution in [1.29, 1.82) is 0 Å². The van der Waals surface area contributed by atoms with E-state index in [1.54, 1.807) is 0 Å². The van der Waals surface area contributed by atoms with Gasteiger partial charge in [0.2, 0.25) is 0 Å². The van der Waals surface area contributed by atoms with Crippen LogP contribution in [0, 0.1) is 0 Å². The molecule has 0 heterocycles. The van der Waals surface area contributed by atoms with E-state index in [1.807, 2.05) is 24.3 Å². The Labute approximate surface area is 96.9 Å². The summed E-state index contributed by atoms with van der Waals surface area (Å²) in [7, 11) is 2.08. The standard InChI is InChI=1S/C13H20N2O/c1-15(12-6-3-7-12)9-13(16)10-4-2-5-11(14)8-10/h2,4-5,8,12-13,16H,3,6-7,9,14H2,1H3. The van der Waals surface area contributed by atoms with Gasteiger partial charge in [0.15, 0.2) is 0 Å². The first-order valence-electron chi connectivity index (χ1n) is 5.90. The monoisotopic (exact) mass is 220 g/mol. The minimum Gasteiger partial charge on any atom is -0.399 e. The number of rotatable bonds is 4. The highest BCUT2D eigenvalue weighted by atomic mass is 16.3. The molecule has 1 saturated carbocycles. The summed E-state index contributed by atoms with van der Waals surface area (Å²) in [5.74, 6) is 0. The quantitative estimate of drug-likeness (QED) is 0.761. The van der Waals surface area contributed by atoms with Gasteiger partial charge in [-0.1, -0.05) is 18.6 Å². The maximum Gasteiger partial charge on any atom is 0.0917 e. The van der Waals surface area contributed by atoms with E-state index < -0.39 is 6.10 Å². The Hall–Kier alpha value is -1.06. The topological polar surface area (TPSA) is 49.5 Å². The summed E-state index contributed by atoms with van der Waals surface area (Å²) in [6, 6.07) is 8.16. The van der Waals surface area contributed by atoms with Gasteiger partial charge in [0.25, 0.3) is 0 Å². The molecule has 1 aliphatic rings. The van der Waals surface area contributed by atoms with Crippen molar-refractivity contribution in [3.63, 3.8) is 0 Å². The van der Waals surface area contributed by atoms with Crippen LogP contribution in [0.15, 0.2) is 24.3 Å². The van der Waals surface area contributed by atoms with Crippen LogP contribution in [0.2, 0.25) is 0 Å². The Morgan fingerprint density at radius 1 is 1.50 bits per heavy atom. The molecular formula is C13H20N2O. The zero-order valence-corrected chi connectivity index (χ0v) is 9.76. The molecule has 1 fully saturated rings. The predicted octanol–water partition coefficient (Wildman–Crippen LogP) is 1.79. The third kappa shape index (κ3) is 2.54. The van der Waals surface area contributed by atoms with E-state index in [0.29, 0.717) is 18.3 Å². The molecule has 0 amide bonds. The van der Waals surface area contributed by atoms with Gasteiger partial charge in [0.05, 0.1) is 6.10 Å². The number of nitrogens with zero attached hydrogens (tertiary/aromatic N) is 1. The van der Waals surface area contributed by atoms with E-state index in [-0.39, 0.29) is 0 Å². The zero-order valence-electron chi connectivity index (χ0n) is 9.76. The molecule has 0 saturated heterocycles. The average molecular weight is 220 g/mol. The fraction of sp³-hybridized carbons (Fsp3) is 0.538. The van der Waals surface area contributed by atoms with Gasteiger partial charge in [-0.3, -0.25) is 0 Å². The molecule has 0 spiro atoms. The molecule has 16 heavy (non-hydrogen) atoms. The van der Waals surface area contributed by atoms with Gasteiger partial charge >= 0.3 is 0 Å². The third-order valence-electron chi connectivity index (χ3n) is 3.45. The lowest BCUT2D eigenvalue weighted by Gasteiger charge is -2.35. The second kappa shape index (κ2) is 4.85. The lowest BCUT2D eigenvalue weighted by atomic mass is 9.91. The lowest BCUT2D eigenvalue weighted by Crippen LogP contribution is -2.39. The first kappa shape index (κ1) is 11.4. The van der Waals surface area contributed by atoms with Crippen LogP contribution >= 0.6 is 0 Å². The van der Waals surface area contributed by atoms with Crippen LogP contribution in [0.3, 0.4) is 0 Å². The van der Waals surface area contributed by atoms with Crippen molar-refractivity contribution >= 4 is 5.69 Å². The molecule has 0 aromatic heterocycles. The fourth-order valence-electron chi connectivity index (χ4n) is 2.12. The molecule has 1 aliphatic carbocycles. The second-order valence-electron chi connectivity index (χ2n) is 4.71. The van der Waals surface area contributed by atoms with Gasteiger partial charge in [-0.25, -0.2) is 0 Å². The Morgan fingerprint density at radius 2 is 2.25 bits per heavy atom. The number of nitrogen functional groups attached to an aromatic ring is 1. The molecule has 0 radical (unpaired) electrons. The molecule has 1 atom stereocenters. The van der Waals surface area contributed by atoms with E-state index in [1.165, 1.54) is 19.3 Å². The van der Waals surface area contributed by atoms with Crippen LogP contribution < -0.4 is 5.73 Å². The summed E-state index contributed by atoms with van der Waals surface area (Å²) >= 11 is 0. The third-order valence-corrected chi connectivity index (χ3v) is 3.45. The van der Waals surface area contributed by atoms with Crippen molar-refractivity contribution < 1.29 is 5.11 Å². The largest absolute Gasteiger partial charge is 0.399 e. The number of benzene rings is 1. The molecule has 0 bridgehead atoms. The van der Waals surface area contributed by atoms with Crippen molar-refractivity contribution in [2.24, 2.45) is 0 Å². The molecule has 2 rings (SSSR count). The minimum absolute atomic E-state index is 0.436. The van der Waals surface area contributed by atoms with Crippen LogP contribution in [0.4, 0.5) is 5.69 Å². The van der Waals surface area contributed by atoms with E-state index in [2.05, 4.69) is 11.9 Å². The van der Waals surface area contributed by atoms with E-state index in [0.717, 1.165) is 5.56 Å². The van der Waals surface area contributed by atoms with Gasteiger partial charge in [-0.15, -0.1) is 0 Å². The minimum atomic E-state index is -0.436. The zero-order chi connectivity index (χ0) is 11.5. The number of hydrogen-bond acceptors (Lipinski definition) is 3. The summed E-state index contributed by atoms with van der Waals surface area (Å²) in [5, 5.41) is 10.1. The number of likely N-dealkylation sites (N-methyl/N-ethyl adjacent to an activating group) is 1. The summed E-state index contributed by atoms with van der Waals surface area (Å²) in [4.78, 5) is 2.25. The first-order valence-corrected chi connectivity index (χ1v) is 5.90. The molecule has 3 nitrogen and oxygen atoms in total. The predicted molar refractivity (Wildman–Crippen MR) is 66.1 cm³/mol. The average Bonchev–Trinajstić information content (AvgIpc) is 2.14. The van der Waals surface area contributed by atoms with Crippen molar-refractivity contribution in [1.82, 2.24) is 4.90 Å². The molecule has 1 aromatic carbocycles. The highest BCUT2D eigenvalue weighted by Crippen LogP contribution is 2.25. The number of aliphatic hydroxyl groups is 1.